The summed E-state index contributed by atoms with van der Waals surface area (Å²) in [6.45, 7) is 0.609. The molecule has 0 bridgehead atoms. The number of nitrogens with one attached hydrogen (secondary N) is 2. The van der Waals surface area contributed by atoms with Crippen molar-refractivity contribution in [1.82, 2.24) is 9.97 Å². The van der Waals surface area contributed by atoms with Gasteiger partial charge in [-0.2, -0.15) is 0 Å². The van der Waals surface area contributed by atoms with Crippen LogP contribution in [-0.4, -0.2) is 43.5 Å². The van der Waals surface area contributed by atoms with Crippen LogP contribution in [0.4, 0.5) is 11.6 Å². The Labute approximate surface area is 115 Å². The van der Waals surface area contributed by atoms with Crippen LogP contribution < -0.4 is 10.6 Å². The number of anilines is 2. The molecule has 0 aromatic carbocycles. The molecule has 2 rings (SSSR count). The molecule has 1 aliphatic rings. The molecule has 1 fully saturated rings. The molecule has 0 saturated carbocycles. The average Bonchev–Trinajstić information content (AvgIpc) is 2.68. The van der Waals surface area contributed by atoms with Gasteiger partial charge in [-0.05, 0) is 28.3 Å². The lowest BCUT2D eigenvalue weighted by molar-refractivity contribution is 0.595. The molecule has 1 aromatic heterocycles. The molecule has 1 aliphatic heterocycles. The Balaban J connectivity index is 1.99. The van der Waals surface area contributed by atoms with Crippen LogP contribution in [0.1, 0.15) is 6.42 Å². The Morgan fingerprint density at radius 3 is 2.78 bits per heavy atom. The summed E-state index contributed by atoms with van der Waals surface area (Å²) in [7, 11) is -1.04. The number of halogens is 1. The zero-order valence-corrected chi connectivity index (χ0v) is 12.4. The van der Waals surface area contributed by atoms with Crippen molar-refractivity contribution in [3.8, 4) is 0 Å². The summed E-state index contributed by atoms with van der Waals surface area (Å²) < 4.78 is 23.5. The first-order chi connectivity index (χ1) is 8.52. The first-order valence-corrected chi connectivity index (χ1v) is 8.26. The highest BCUT2D eigenvalue weighted by Gasteiger charge is 2.27. The quantitative estimate of drug-likeness (QED) is 0.858. The van der Waals surface area contributed by atoms with Crippen LogP contribution in [0.25, 0.3) is 0 Å². The monoisotopic (exact) mass is 334 g/mol. The average molecular weight is 335 g/mol. The molecule has 1 aromatic rings. The van der Waals surface area contributed by atoms with Gasteiger partial charge in [-0.3, -0.25) is 0 Å². The van der Waals surface area contributed by atoms with Gasteiger partial charge >= 0.3 is 0 Å². The van der Waals surface area contributed by atoms with Gasteiger partial charge in [0, 0.05) is 13.6 Å². The second-order valence-electron chi connectivity index (χ2n) is 4.28. The van der Waals surface area contributed by atoms with Gasteiger partial charge in [0.25, 0.3) is 0 Å². The summed E-state index contributed by atoms with van der Waals surface area (Å²) in [4.78, 5) is 8.18. The lowest BCUT2D eigenvalue weighted by atomic mass is 10.1. The summed E-state index contributed by atoms with van der Waals surface area (Å²) in [5.74, 6) is 2.10. The van der Waals surface area contributed by atoms with Crippen molar-refractivity contribution in [2.45, 2.75) is 6.42 Å². The molecule has 0 amide bonds. The van der Waals surface area contributed by atoms with E-state index in [1.165, 1.54) is 6.33 Å². The summed E-state index contributed by atoms with van der Waals surface area (Å²) in [5.41, 5.74) is 0. The van der Waals surface area contributed by atoms with Crippen LogP contribution >= 0.6 is 15.9 Å². The summed E-state index contributed by atoms with van der Waals surface area (Å²) in [6.07, 6.45) is 2.18. The molecule has 6 nitrogen and oxygen atoms in total. The van der Waals surface area contributed by atoms with Crippen LogP contribution in [0.5, 0.6) is 0 Å². The van der Waals surface area contributed by atoms with Crippen LogP contribution in [0.3, 0.4) is 0 Å². The van der Waals surface area contributed by atoms with Crippen molar-refractivity contribution in [3.05, 3.63) is 10.8 Å². The minimum atomic E-state index is -2.82. The van der Waals surface area contributed by atoms with E-state index in [4.69, 9.17) is 0 Å². The lowest BCUT2D eigenvalue weighted by Crippen LogP contribution is -2.16. The van der Waals surface area contributed by atoms with Gasteiger partial charge in [-0.1, -0.05) is 0 Å². The van der Waals surface area contributed by atoms with Gasteiger partial charge < -0.3 is 10.6 Å². The molecule has 2 N–H and O–H groups in total. The first kappa shape index (κ1) is 13.5. The van der Waals surface area contributed by atoms with Gasteiger partial charge in [-0.25, -0.2) is 18.4 Å². The maximum absolute atomic E-state index is 11.3. The van der Waals surface area contributed by atoms with Crippen molar-refractivity contribution < 1.29 is 8.42 Å². The van der Waals surface area contributed by atoms with Gasteiger partial charge in [0.2, 0.25) is 0 Å². The highest BCUT2D eigenvalue weighted by Crippen LogP contribution is 2.27. The molecule has 0 aliphatic carbocycles. The Morgan fingerprint density at radius 2 is 2.17 bits per heavy atom. The zero-order valence-electron chi connectivity index (χ0n) is 9.98. The van der Waals surface area contributed by atoms with Crippen LogP contribution in [0.2, 0.25) is 0 Å². The van der Waals surface area contributed by atoms with Crippen molar-refractivity contribution in [2.75, 3.05) is 35.7 Å². The van der Waals surface area contributed by atoms with Crippen molar-refractivity contribution >= 4 is 37.4 Å². The fourth-order valence-electron chi connectivity index (χ4n) is 1.94. The molecule has 8 heteroatoms. The van der Waals surface area contributed by atoms with E-state index in [0.717, 1.165) is 10.9 Å². The Hall–Kier alpha value is -0.890. The highest BCUT2D eigenvalue weighted by atomic mass is 79.9. The summed E-state index contributed by atoms with van der Waals surface area (Å²) >= 11 is 3.41. The van der Waals surface area contributed by atoms with Crippen LogP contribution in [-0.2, 0) is 9.84 Å². The van der Waals surface area contributed by atoms with E-state index in [1.54, 1.807) is 7.05 Å². The second-order valence-corrected chi connectivity index (χ2v) is 7.31. The van der Waals surface area contributed by atoms with Gasteiger partial charge in [0.1, 0.15) is 22.4 Å². The molecule has 2 heterocycles. The molecule has 1 unspecified atom stereocenters. The Bertz CT molecular complexity index is 535. The van der Waals surface area contributed by atoms with E-state index in [0.29, 0.717) is 23.9 Å². The number of rotatable bonds is 4. The molecule has 0 spiro atoms. The van der Waals surface area contributed by atoms with E-state index < -0.39 is 9.84 Å². The summed E-state index contributed by atoms with van der Waals surface area (Å²) in [5, 5.41) is 6.11. The third kappa shape index (κ3) is 3.11. The maximum Gasteiger partial charge on any atom is 0.150 e. The zero-order chi connectivity index (χ0) is 13.2. The largest absolute Gasteiger partial charge is 0.372 e. The molecule has 0 radical (unpaired) electrons. The van der Waals surface area contributed by atoms with Gasteiger partial charge in [-0.15, -0.1) is 0 Å². The summed E-state index contributed by atoms with van der Waals surface area (Å²) in [6, 6.07) is 0. The predicted octanol–water partition coefficient (Wildman–Crippen LogP) is 1.13. The minimum Gasteiger partial charge on any atom is -0.372 e. The Kier molecular flexibility index (Phi) is 4.06. The molecule has 100 valence electrons. The van der Waals surface area contributed by atoms with Crippen molar-refractivity contribution in [1.29, 1.82) is 0 Å². The highest BCUT2D eigenvalue weighted by molar-refractivity contribution is 9.10. The van der Waals surface area contributed by atoms with E-state index >= 15 is 0 Å². The van der Waals surface area contributed by atoms with E-state index in [1.807, 2.05) is 0 Å². The van der Waals surface area contributed by atoms with Crippen LogP contribution in [0.15, 0.2) is 10.8 Å². The lowest BCUT2D eigenvalue weighted by Gasteiger charge is -2.12. The molecular formula is C10H15BrN4O2S. The second kappa shape index (κ2) is 5.40. The molecule has 1 saturated heterocycles. The number of nitrogens with zero attached hydrogens (tertiary/aromatic N) is 2. The van der Waals surface area contributed by atoms with E-state index in [2.05, 4.69) is 36.5 Å². The van der Waals surface area contributed by atoms with Gasteiger partial charge in [0.05, 0.1) is 11.5 Å². The van der Waals surface area contributed by atoms with E-state index in [9.17, 15) is 8.42 Å². The van der Waals surface area contributed by atoms with Crippen LogP contribution in [0, 0.1) is 5.92 Å². The third-order valence-electron chi connectivity index (χ3n) is 2.91. The number of hydrogen-bond donors (Lipinski definition) is 2. The normalized spacial score (nSPS) is 21.8. The fraction of sp³-hybridized carbons (Fsp3) is 0.600. The standard InChI is InChI=1S/C10H15BrN4O2S/c1-12-9-8(11)10(15-6-14-9)13-4-7-2-3-18(16,17)5-7/h6-7H,2-5H2,1H3,(H2,12,13,14,15). The fourth-order valence-corrected chi connectivity index (χ4v) is 4.35. The van der Waals surface area contributed by atoms with Crippen molar-refractivity contribution in [3.63, 3.8) is 0 Å². The first-order valence-electron chi connectivity index (χ1n) is 5.64. The van der Waals surface area contributed by atoms with Crippen molar-refractivity contribution in [2.24, 2.45) is 5.92 Å². The molecular weight excluding hydrogens is 320 g/mol. The topological polar surface area (TPSA) is 84.0 Å². The van der Waals surface area contributed by atoms with E-state index in [-0.39, 0.29) is 11.7 Å². The number of sulfone groups is 1. The number of aromatic nitrogens is 2. The molecule has 1 atom stereocenters. The Morgan fingerprint density at radius 1 is 1.44 bits per heavy atom. The third-order valence-corrected chi connectivity index (χ3v) is 5.50. The van der Waals surface area contributed by atoms with Gasteiger partial charge in [0.15, 0.2) is 9.84 Å². The number of hydrogen-bond acceptors (Lipinski definition) is 6. The smallest absolute Gasteiger partial charge is 0.150 e. The maximum atomic E-state index is 11.3. The predicted molar refractivity (Wildman–Crippen MR) is 74.5 cm³/mol. The molecule has 18 heavy (non-hydrogen) atoms. The minimum absolute atomic E-state index is 0.162. The SMILES string of the molecule is CNc1ncnc(NCC2CCS(=O)(=O)C2)c1Br.